The van der Waals surface area contributed by atoms with Crippen molar-refractivity contribution in [2.75, 3.05) is 31.5 Å². The van der Waals surface area contributed by atoms with Gasteiger partial charge in [-0.1, -0.05) is 47.5 Å². The largest absolute Gasteiger partial charge is 0.331 e. The van der Waals surface area contributed by atoms with Crippen LogP contribution in [0.5, 0.6) is 0 Å². The number of anilines is 1. The first-order valence-electron chi connectivity index (χ1n) is 24.0. The molecule has 2 saturated heterocycles. The van der Waals surface area contributed by atoms with Gasteiger partial charge >= 0.3 is 6.03 Å². The second-order valence-corrected chi connectivity index (χ2v) is 21.4. The summed E-state index contributed by atoms with van der Waals surface area (Å²) < 4.78 is 6.27. The van der Waals surface area contributed by atoms with Crippen LogP contribution < -0.4 is 10.6 Å². The molecular weight excluding hydrogens is 1190 g/mol. The van der Waals surface area contributed by atoms with E-state index in [0.717, 1.165) is 93.3 Å². The van der Waals surface area contributed by atoms with Crippen molar-refractivity contribution >= 4 is 120 Å². The Bertz CT molecular complexity index is 3220. The van der Waals surface area contributed by atoms with Crippen molar-refractivity contribution in [3.8, 4) is 0 Å². The van der Waals surface area contributed by atoms with E-state index in [0.29, 0.717) is 47.9 Å². The lowest BCUT2D eigenvalue weighted by molar-refractivity contribution is 0.177. The van der Waals surface area contributed by atoms with E-state index in [1.807, 2.05) is 74.1 Å². The highest BCUT2D eigenvalue weighted by Crippen LogP contribution is 2.47. The minimum absolute atomic E-state index is 0. The monoisotopic (exact) mass is 1240 g/mol. The Hall–Kier alpha value is -5.15. The lowest BCUT2D eigenvalue weighted by Crippen LogP contribution is -2.42. The number of carbonyl (C=O) groups excluding carboxylic acids is 1. The van der Waals surface area contributed by atoms with Crippen LogP contribution in [-0.2, 0) is 13.1 Å². The third-order valence-electron chi connectivity index (χ3n) is 14.4. The lowest BCUT2D eigenvalue weighted by Gasteiger charge is -2.36. The number of piperidine rings is 2. The van der Waals surface area contributed by atoms with Gasteiger partial charge in [0.05, 0.1) is 18.0 Å². The third kappa shape index (κ3) is 11.3. The van der Waals surface area contributed by atoms with Gasteiger partial charge in [-0.25, -0.2) is 19.6 Å². The van der Waals surface area contributed by atoms with Gasteiger partial charge in [-0.2, -0.15) is 0 Å². The van der Waals surface area contributed by atoms with E-state index in [2.05, 4.69) is 109 Å². The molecule has 3 aromatic carbocycles. The molecule has 11 rings (SSSR count). The van der Waals surface area contributed by atoms with Crippen LogP contribution >= 0.6 is 79.0 Å². The normalized spacial score (nSPS) is 17.4. The number of urea groups is 1. The van der Waals surface area contributed by atoms with E-state index >= 15 is 0 Å². The average Bonchev–Trinajstić information content (AvgIpc) is 3.92. The number of fused-ring (bicyclic) bond motifs is 4. The van der Waals surface area contributed by atoms with Gasteiger partial charge in [-0.15, -0.1) is 24.0 Å². The fourth-order valence-electron chi connectivity index (χ4n) is 10.8. The van der Waals surface area contributed by atoms with Crippen LogP contribution in [0.25, 0.3) is 28.1 Å². The molecule has 2 aliphatic carbocycles. The number of likely N-dealkylation sites (tertiary alicyclic amines) is 1. The maximum absolute atomic E-state index is 13.1. The number of aromatic nitrogens is 6. The SMILES string of the molecule is Cc1nccn1CC1=Cc2cc(Cl)ccc2C(C2CCNCC2)c2ncc(Br)cc21.I.[C-]#[N+]c1ccc(NC(=O)N2CCC(C3c4ccc(Cl)cc4C=C(Cn4ccnc4C)c4cc(Br)cnc43)CC2)cc1. The van der Waals surface area contributed by atoms with Crippen molar-refractivity contribution in [3.63, 3.8) is 0 Å². The van der Waals surface area contributed by atoms with Crippen molar-refractivity contribution in [2.45, 2.75) is 64.5 Å². The summed E-state index contributed by atoms with van der Waals surface area (Å²) in [5, 5.41) is 7.96. The minimum atomic E-state index is -0.117. The predicted octanol–water partition coefficient (Wildman–Crippen LogP) is 14.5. The molecule has 368 valence electrons. The molecule has 7 aromatic rings. The number of rotatable bonds is 7. The number of aryl methyl sites for hydroxylation is 2. The van der Waals surface area contributed by atoms with Gasteiger partial charge in [-0.3, -0.25) is 9.97 Å². The summed E-state index contributed by atoms with van der Waals surface area (Å²) in [4.78, 5) is 37.2. The van der Waals surface area contributed by atoms with Gasteiger partial charge in [0, 0.05) is 111 Å². The van der Waals surface area contributed by atoms with Crippen LogP contribution in [0.4, 0.5) is 16.2 Å². The quantitative estimate of drug-likeness (QED) is 0.122. The van der Waals surface area contributed by atoms with Crippen LogP contribution in [0.1, 0.15) is 93.9 Å². The molecule has 2 atom stereocenters. The molecule has 0 radical (unpaired) electrons. The molecule has 0 spiro atoms. The topological polar surface area (TPSA) is 110 Å². The number of allylic oxidation sites excluding steroid dienone is 2. The number of carbonyl (C=O) groups is 1. The molecule has 2 fully saturated rings. The highest BCUT2D eigenvalue weighted by Gasteiger charge is 2.37. The molecule has 4 aliphatic rings. The first-order chi connectivity index (χ1) is 34.5. The van der Waals surface area contributed by atoms with Crippen LogP contribution in [0.15, 0.2) is 119 Å². The number of hydrogen-bond acceptors (Lipinski definition) is 6. The predicted molar refractivity (Wildman–Crippen MR) is 307 cm³/mol. The summed E-state index contributed by atoms with van der Waals surface area (Å²) in [6.07, 6.45) is 20.1. The molecule has 2 unspecified atom stereocenters. The highest BCUT2D eigenvalue weighted by molar-refractivity contribution is 14.0. The Morgan fingerprint density at radius 3 is 1.65 bits per heavy atom. The minimum Gasteiger partial charge on any atom is -0.331 e. The zero-order chi connectivity index (χ0) is 49.2. The fourth-order valence-corrected chi connectivity index (χ4v) is 11.8. The Kier molecular flexibility index (Phi) is 16.5. The second-order valence-electron chi connectivity index (χ2n) is 18.7. The van der Waals surface area contributed by atoms with E-state index in [-0.39, 0.29) is 41.8 Å². The summed E-state index contributed by atoms with van der Waals surface area (Å²) in [6, 6.07) is 23.7. The van der Waals surface area contributed by atoms with Crippen LogP contribution in [-0.4, -0.2) is 66.2 Å². The molecule has 72 heavy (non-hydrogen) atoms. The molecule has 4 aromatic heterocycles. The van der Waals surface area contributed by atoms with Crippen molar-refractivity contribution in [1.29, 1.82) is 0 Å². The maximum atomic E-state index is 13.1. The molecular formula is C56H53Br2Cl2IN10O. The number of imidazole rings is 2. The Balaban J connectivity index is 0.000000183. The number of nitrogens with zero attached hydrogens (tertiary/aromatic N) is 8. The van der Waals surface area contributed by atoms with Gasteiger partial charge in [0.2, 0.25) is 0 Å². The maximum Gasteiger partial charge on any atom is 0.321 e. The van der Waals surface area contributed by atoms with E-state index in [4.69, 9.17) is 39.7 Å². The summed E-state index contributed by atoms with van der Waals surface area (Å²) in [5.74, 6) is 3.14. The van der Waals surface area contributed by atoms with Gasteiger partial charge < -0.3 is 24.7 Å². The lowest BCUT2D eigenvalue weighted by atomic mass is 9.76. The smallest absolute Gasteiger partial charge is 0.321 e. The van der Waals surface area contributed by atoms with Crippen LogP contribution in [0, 0.1) is 32.3 Å². The van der Waals surface area contributed by atoms with Crippen molar-refractivity contribution in [1.82, 2.24) is 39.3 Å². The van der Waals surface area contributed by atoms with Crippen LogP contribution in [0.2, 0.25) is 10.0 Å². The van der Waals surface area contributed by atoms with Gasteiger partial charge in [0.15, 0.2) is 5.69 Å². The number of halogens is 5. The van der Waals surface area contributed by atoms with Crippen molar-refractivity contribution in [3.05, 3.63) is 197 Å². The molecule has 6 heterocycles. The molecule has 2 aliphatic heterocycles. The molecule has 0 bridgehead atoms. The summed E-state index contributed by atoms with van der Waals surface area (Å²) >= 11 is 20.3. The Morgan fingerprint density at radius 2 is 1.19 bits per heavy atom. The molecule has 2 N–H and O–H groups in total. The zero-order valence-corrected chi connectivity index (χ0v) is 46.8. The zero-order valence-electron chi connectivity index (χ0n) is 39.8. The summed E-state index contributed by atoms with van der Waals surface area (Å²) in [5.41, 5.74) is 13.0. The first-order valence-corrected chi connectivity index (χ1v) is 26.3. The van der Waals surface area contributed by atoms with Gasteiger partial charge in [-0.05, 0) is 190 Å². The van der Waals surface area contributed by atoms with E-state index in [9.17, 15) is 4.79 Å². The molecule has 0 saturated carbocycles. The Labute approximate surface area is 464 Å². The number of hydrogen-bond donors (Lipinski definition) is 2. The molecule has 2 amide bonds. The van der Waals surface area contributed by atoms with E-state index in [1.54, 1.807) is 24.3 Å². The molecule has 16 heteroatoms. The fraction of sp³-hybridized carbons (Fsp3) is 0.286. The van der Waals surface area contributed by atoms with Crippen molar-refractivity contribution < 1.29 is 4.79 Å². The molecule has 11 nitrogen and oxygen atoms in total. The summed E-state index contributed by atoms with van der Waals surface area (Å²) in [7, 11) is 0. The number of benzene rings is 3. The Morgan fingerprint density at radius 1 is 0.708 bits per heavy atom. The van der Waals surface area contributed by atoms with Crippen LogP contribution in [0.3, 0.4) is 0 Å². The standard InChI is InChI=1S/C32H28BrClN6O.C24H24BrClN4.HI/c1-20-36-11-14-40(20)19-23-15-22-16-25(34)3-8-28(22)30(31-29(23)17-24(33)18-37-31)21-9-12-39(13-10-21)32(41)38-27-6-4-26(35-2)5-7-27;1-15-28-8-9-30(15)14-18-10-17-11-20(26)2-3-21(17)23(16-4-6-27-7-5-16)24-22(18)12-19(25)13-29-24;/h3-8,11,14-18,21,30H,9-10,12-13,19H2,1H3,(H,38,41);2-3,8-13,16,23,27H,4-7,14H2,1H3;1H. The number of pyridine rings is 2. The third-order valence-corrected chi connectivity index (χ3v) is 15.7. The average molecular weight is 1240 g/mol. The van der Waals surface area contributed by atoms with Crippen molar-refractivity contribution in [2.24, 2.45) is 11.8 Å². The highest BCUT2D eigenvalue weighted by atomic mass is 127. The number of amides is 2. The van der Waals surface area contributed by atoms with E-state index < -0.39 is 0 Å². The second kappa shape index (κ2) is 22.9. The number of nitrogens with one attached hydrogen (secondary N) is 2. The van der Waals surface area contributed by atoms with E-state index in [1.165, 1.54) is 33.5 Å². The first kappa shape index (κ1) is 51.7. The summed E-state index contributed by atoms with van der Waals surface area (Å²) in [6.45, 7) is 16.0. The van der Waals surface area contributed by atoms with Gasteiger partial charge in [0.1, 0.15) is 11.6 Å². The van der Waals surface area contributed by atoms with Gasteiger partial charge in [0.25, 0.3) is 0 Å².